The summed E-state index contributed by atoms with van der Waals surface area (Å²) in [4.78, 5) is 4.27. The maximum Gasteiger partial charge on any atom is 0.153 e. The molecule has 4 nitrogen and oxygen atoms in total. The van der Waals surface area contributed by atoms with E-state index >= 15 is 0 Å². The summed E-state index contributed by atoms with van der Waals surface area (Å²) in [6.07, 6.45) is 7.93. The summed E-state index contributed by atoms with van der Waals surface area (Å²) in [5.74, 6) is 0. The summed E-state index contributed by atoms with van der Waals surface area (Å²) < 4.78 is 0. The Balaban J connectivity index is 1.90. The van der Waals surface area contributed by atoms with Crippen molar-refractivity contribution in [1.29, 1.82) is 0 Å². The summed E-state index contributed by atoms with van der Waals surface area (Å²) in [7, 11) is 0. The smallest absolute Gasteiger partial charge is 0.153 e. The van der Waals surface area contributed by atoms with E-state index in [9.17, 15) is 0 Å². The number of hydrogen-bond acceptors (Lipinski definition) is 4. The molecule has 2 rings (SSSR count). The van der Waals surface area contributed by atoms with Crippen LogP contribution in [0.5, 0.6) is 0 Å². The number of aliphatic imine (C=N–C) groups is 1. The Kier molecular flexibility index (Phi) is 2.39. The lowest BCUT2D eigenvalue weighted by atomic mass is 10.2. The van der Waals surface area contributed by atoms with Crippen LogP contribution in [0.4, 0.5) is 0 Å². The predicted octanol–water partition coefficient (Wildman–Crippen LogP) is -0.427. The third-order valence-electron chi connectivity index (χ3n) is 1.93. The van der Waals surface area contributed by atoms with Gasteiger partial charge in [0.05, 0.1) is 0 Å². The van der Waals surface area contributed by atoms with Gasteiger partial charge in [-0.15, -0.1) is 0 Å². The van der Waals surface area contributed by atoms with Gasteiger partial charge >= 0.3 is 0 Å². The number of hydrogen-bond donors (Lipinski definition) is 3. The molecule has 0 aromatic heterocycles. The molecule has 1 fully saturated rings. The van der Waals surface area contributed by atoms with Gasteiger partial charge in [0.15, 0.2) is 6.17 Å². The molecule has 1 saturated heterocycles. The van der Waals surface area contributed by atoms with Gasteiger partial charge in [0.2, 0.25) is 0 Å². The third-order valence-corrected chi connectivity index (χ3v) is 1.93. The molecule has 0 bridgehead atoms. The van der Waals surface area contributed by atoms with Crippen LogP contribution in [-0.2, 0) is 0 Å². The van der Waals surface area contributed by atoms with Gasteiger partial charge in [0.25, 0.3) is 0 Å². The molecule has 0 saturated carbocycles. The lowest BCUT2D eigenvalue weighted by Crippen LogP contribution is -2.51. The molecule has 1 radical (unpaired) electrons. The first-order valence-electron chi connectivity index (χ1n) is 4.26. The molecule has 0 spiro atoms. The van der Waals surface area contributed by atoms with Gasteiger partial charge in [-0.05, 0) is 31.8 Å². The average Bonchev–Trinajstić information content (AvgIpc) is 2.21. The lowest BCUT2D eigenvalue weighted by Gasteiger charge is -2.29. The Bertz CT molecular complexity index is 193. The molecule has 3 N–H and O–H groups in total. The van der Waals surface area contributed by atoms with E-state index < -0.39 is 0 Å². The molecular weight excluding hydrogens is 152 g/mol. The zero-order chi connectivity index (χ0) is 8.23. The average molecular weight is 165 g/mol. The Morgan fingerprint density at radius 3 is 2.83 bits per heavy atom. The van der Waals surface area contributed by atoms with Crippen LogP contribution in [0.15, 0.2) is 17.3 Å². The van der Waals surface area contributed by atoms with Crippen LogP contribution in [0.1, 0.15) is 6.42 Å². The van der Waals surface area contributed by atoms with Crippen molar-refractivity contribution in [1.82, 2.24) is 16.0 Å². The highest BCUT2D eigenvalue weighted by Crippen LogP contribution is 2.05. The van der Waals surface area contributed by atoms with E-state index in [2.05, 4.69) is 20.9 Å². The highest BCUT2D eigenvalue weighted by molar-refractivity contribution is 5.72. The lowest BCUT2D eigenvalue weighted by molar-refractivity contribution is 0.409. The molecule has 12 heavy (non-hydrogen) atoms. The second-order valence-corrected chi connectivity index (χ2v) is 2.85. The minimum atomic E-state index is 0.0651. The topological polar surface area (TPSA) is 48.4 Å². The second kappa shape index (κ2) is 3.69. The van der Waals surface area contributed by atoms with Crippen molar-refractivity contribution in [3.8, 4) is 0 Å². The molecule has 0 aliphatic carbocycles. The molecule has 2 aliphatic rings. The van der Waals surface area contributed by atoms with Crippen molar-refractivity contribution in [2.75, 3.05) is 13.1 Å². The predicted molar refractivity (Wildman–Crippen MR) is 48.4 cm³/mol. The molecule has 4 heteroatoms. The molecule has 1 atom stereocenters. The number of nitrogens with one attached hydrogen (secondary N) is 3. The molecule has 0 aromatic rings. The molecule has 0 amide bonds. The van der Waals surface area contributed by atoms with E-state index in [1.54, 1.807) is 0 Å². The highest BCUT2D eigenvalue weighted by atomic mass is 15.2. The Hall–Kier alpha value is -0.870. The number of nitrogens with zero attached hydrogens (tertiary/aromatic N) is 1. The summed E-state index contributed by atoms with van der Waals surface area (Å²) in [6.45, 7) is 2.08. The normalized spacial score (nSPS) is 30.2. The summed E-state index contributed by atoms with van der Waals surface area (Å²) >= 11 is 0. The van der Waals surface area contributed by atoms with Crippen LogP contribution in [-0.4, -0.2) is 25.5 Å². The van der Waals surface area contributed by atoms with E-state index in [0.717, 1.165) is 19.3 Å². The van der Waals surface area contributed by atoms with Crippen LogP contribution >= 0.6 is 0 Å². The van der Waals surface area contributed by atoms with Crippen molar-refractivity contribution >= 4 is 6.21 Å². The summed E-state index contributed by atoms with van der Waals surface area (Å²) in [5, 5.41) is 9.72. The van der Waals surface area contributed by atoms with Crippen molar-refractivity contribution in [3.05, 3.63) is 18.4 Å². The van der Waals surface area contributed by atoms with Gasteiger partial charge in [-0.3, -0.25) is 15.6 Å². The van der Waals surface area contributed by atoms with E-state index in [0.29, 0.717) is 0 Å². The largest absolute Gasteiger partial charge is 0.367 e. The number of allylic oxidation sites excluding steroid dienone is 1. The van der Waals surface area contributed by atoms with Crippen LogP contribution < -0.4 is 16.0 Å². The zero-order valence-corrected chi connectivity index (χ0v) is 6.88. The van der Waals surface area contributed by atoms with Gasteiger partial charge in [-0.2, -0.15) is 0 Å². The molecule has 2 aliphatic heterocycles. The molecular formula is C8H13N4. The maximum atomic E-state index is 4.27. The van der Waals surface area contributed by atoms with Crippen molar-refractivity contribution in [2.45, 2.75) is 12.6 Å². The van der Waals surface area contributed by atoms with Crippen molar-refractivity contribution in [3.63, 3.8) is 0 Å². The van der Waals surface area contributed by atoms with Crippen LogP contribution in [0.3, 0.4) is 0 Å². The van der Waals surface area contributed by atoms with E-state index in [1.165, 1.54) is 6.42 Å². The van der Waals surface area contributed by atoms with Crippen molar-refractivity contribution < 1.29 is 0 Å². The SMILES string of the molecule is C1=CNC([C]2NCCCN2)N=C1. The fourth-order valence-electron chi connectivity index (χ4n) is 1.32. The van der Waals surface area contributed by atoms with Crippen LogP contribution in [0, 0.1) is 6.17 Å². The van der Waals surface area contributed by atoms with Crippen LogP contribution in [0.2, 0.25) is 0 Å². The summed E-state index contributed by atoms with van der Waals surface area (Å²) in [6, 6.07) is 0. The molecule has 65 valence electrons. The van der Waals surface area contributed by atoms with Crippen LogP contribution in [0.25, 0.3) is 0 Å². The quantitative estimate of drug-likeness (QED) is 0.494. The fraction of sp³-hybridized carbons (Fsp3) is 0.500. The first-order chi connectivity index (χ1) is 5.97. The maximum absolute atomic E-state index is 4.27. The Morgan fingerprint density at radius 1 is 1.33 bits per heavy atom. The number of rotatable bonds is 1. The van der Waals surface area contributed by atoms with Gasteiger partial charge < -0.3 is 5.32 Å². The Labute approximate surface area is 72.1 Å². The van der Waals surface area contributed by atoms with Gasteiger partial charge in [0.1, 0.15) is 6.17 Å². The standard InChI is InChI=1S/C8H13N4/c1-3-9-7(10-4-1)8-11-5-2-6-12-8/h1,3-4,7,9,11-12H,2,5-6H2. The Morgan fingerprint density at radius 2 is 2.17 bits per heavy atom. The van der Waals surface area contributed by atoms with E-state index in [4.69, 9.17) is 0 Å². The highest BCUT2D eigenvalue weighted by Gasteiger charge is 2.22. The molecule has 2 heterocycles. The first kappa shape index (κ1) is 7.76. The van der Waals surface area contributed by atoms with E-state index in [1.807, 2.05) is 18.5 Å². The van der Waals surface area contributed by atoms with Crippen molar-refractivity contribution in [2.24, 2.45) is 4.99 Å². The van der Waals surface area contributed by atoms with Gasteiger partial charge in [0, 0.05) is 6.21 Å². The summed E-state index contributed by atoms with van der Waals surface area (Å²) in [5.41, 5.74) is 0. The second-order valence-electron chi connectivity index (χ2n) is 2.85. The molecule has 0 aromatic carbocycles. The minimum absolute atomic E-state index is 0.0651. The fourth-order valence-corrected chi connectivity index (χ4v) is 1.32. The zero-order valence-electron chi connectivity index (χ0n) is 6.88. The van der Waals surface area contributed by atoms with Gasteiger partial charge in [-0.25, -0.2) is 0 Å². The van der Waals surface area contributed by atoms with Gasteiger partial charge in [-0.1, -0.05) is 0 Å². The monoisotopic (exact) mass is 165 g/mol. The van der Waals surface area contributed by atoms with E-state index in [-0.39, 0.29) is 6.17 Å². The minimum Gasteiger partial charge on any atom is -0.367 e. The molecule has 1 unspecified atom stereocenters. The third kappa shape index (κ3) is 1.65. The first-order valence-corrected chi connectivity index (χ1v) is 4.26.